The topological polar surface area (TPSA) is 42.4 Å². The van der Waals surface area contributed by atoms with Crippen LogP contribution in [-0.4, -0.2) is 37.3 Å². The summed E-state index contributed by atoms with van der Waals surface area (Å²) in [4.78, 5) is 17.9. The minimum absolute atomic E-state index is 0.325. The molecular formula is C17H17F3N2O2. The number of carbonyl (C=O) groups is 1. The van der Waals surface area contributed by atoms with Crippen LogP contribution in [0.25, 0.3) is 10.9 Å². The molecule has 0 radical (unpaired) electrons. The number of halogens is 3. The van der Waals surface area contributed by atoms with Crippen molar-refractivity contribution in [2.24, 2.45) is 5.41 Å². The average Bonchev–Trinajstić information content (AvgIpc) is 2.49. The van der Waals surface area contributed by atoms with Gasteiger partial charge in [0.15, 0.2) is 0 Å². The summed E-state index contributed by atoms with van der Waals surface area (Å²) in [7, 11) is 1.30. The van der Waals surface area contributed by atoms with Gasteiger partial charge in [-0.05, 0) is 24.3 Å². The third kappa shape index (κ3) is 3.16. The molecule has 0 atom stereocenters. The van der Waals surface area contributed by atoms with Crippen LogP contribution in [0, 0.1) is 5.41 Å². The van der Waals surface area contributed by atoms with E-state index in [1.54, 1.807) is 25.1 Å². The molecule has 0 spiro atoms. The molecule has 128 valence electrons. The lowest BCUT2D eigenvalue weighted by Gasteiger charge is -2.49. The van der Waals surface area contributed by atoms with Gasteiger partial charge in [0.2, 0.25) is 0 Å². The summed E-state index contributed by atoms with van der Waals surface area (Å²) in [5, 5.41) is 0.631. The number of rotatable bonds is 3. The van der Waals surface area contributed by atoms with E-state index in [1.165, 1.54) is 13.3 Å². The van der Waals surface area contributed by atoms with Crippen LogP contribution in [0.2, 0.25) is 0 Å². The van der Waals surface area contributed by atoms with E-state index in [4.69, 9.17) is 4.74 Å². The Morgan fingerprint density at radius 1 is 1.33 bits per heavy atom. The molecule has 1 aliphatic rings. The fourth-order valence-corrected chi connectivity index (χ4v) is 3.27. The first-order chi connectivity index (χ1) is 11.2. The molecule has 0 saturated carbocycles. The highest BCUT2D eigenvalue weighted by atomic mass is 19.4. The van der Waals surface area contributed by atoms with E-state index in [0.717, 1.165) is 5.69 Å². The summed E-state index contributed by atoms with van der Waals surface area (Å²) in [5.41, 5.74) is 1.04. The predicted octanol–water partition coefficient (Wildman–Crippen LogP) is 3.80. The minimum atomic E-state index is -4.16. The molecule has 0 N–H and O–H groups in total. The molecule has 2 aromatic rings. The molecule has 4 nitrogen and oxygen atoms in total. The molecule has 1 aromatic carbocycles. The van der Waals surface area contributed by atoms with Crippen molar-refractivity contribution in [3.8, 4) is 0 Å². The van der Waals surface area contributed by atoms with E-state index in [-0.39, 0.29) is 0 Å². The summed E-state index contributed by atoms with van der Waals surface area (Å²) in [5.74, 6) is -0.468. The van der Waals surface area contributed by atoms with Crippen molar-refractivity contribution in [3.05, 3.63) is 36.0 Å². The summed E-state index contributed by atoms with van der Waals surface area (Å²) >= 11 is 0. The maximum atomic E-state index is 12.6. The van der Waals surface area contributed by atoms with Crippen molar-refractivity contribution in [1.82, 2.24) is 4.98 Å². The van der Waals surface area contributed by atoms with E-state index in [9.17, 15) is 18.0 Å². The zero-order valence-corrected chi connectivity index (χ0v) is 13.4. The number of methoxy groups -OCH3 is 1. The van der Waals surface area contributed by atoms with E-state index in [1.807, 2.05) is 11.0 Å². The lowest BCUT2D eigenvalue weighted by molar-refractivity contribution is -0.159. The van der Waals surface area contributed by atoms with Crippen LogP contribution < -0.4 is 4.90 Å². The zero-order valence-electron chi connectivity index (χ0n) is 13.4. The van der Waals surface area contributed by atoms with Gasteiger partial charge in [-0.25, -0.2) is 4.79 Å². The largest absolute Gasteiger partial charge is 0.465 e. The van der Waals surface area contributed by atoms with Crippen molar-refractivity contribution < 1.29 is 22.7 Å². The third-order valence-corrected chi connectivity index (χ3v) is 4.27. The fraction of sp³-hybridized carbons (Fsp3) is 0.412. The standard InChI is InChI=1S/C17H17F3N2O2/c1-16(8-17(18,19)20)9-22(10-16)11-3-4-14-13(7-11)12(5-6-21-14)15(23)24-2/h3-7H,8-10H2,1-2H3. The number of esters is 1. The van der Waals surface area contributed by atoms with Crippen LogP contribution in [0.5, 0.6) is 0 Å². The van der Waals surface area contributed by atoms with Gasteiger partial charge in [0.1, 0.15) is 0 Å². The molecule has 3 rings (SSSR count). The molecule has 0 aliphatic carbocycles. The lowest BCUT2D eigenvalue weighted by atomic mass is 9.78. The Bertz CT molecular complexity index is 783. The van der Waals surface area contributed by atoms with Crippen molar-refractivity contribution in [3.63, 3.8) is 0 Å². The van der Waals surface area contributed by atoms with Crippen molar-refractivity contribution in [2.75, 3.05) is 25.1 Å². The quantitative estimate of drug-likeness (QED) is 0.799. The van der Waals surface area contributed by atoms with Gasteiger partial charge in [-0.3, -0.25) is 4.98 Å². The second-order valence-electron chi connectivity index (χ2n) is 6.51. The Balaban J connectivity index is 1.86. The van der Waals surface area contributed by atoms with Gasteiger partial charge >= 0.3 is 12.1 Å². The Morgan fingerprint density at radius 3 is 2.67 bits per heavy atom. The number of hydrogen-bond acceptors (Lipinski definition) is 4. The Labute approximate surface area is 137 Å². The van der Waals surface area contributed by atoms with Gasteiger partial charge in [-0.15, -0.1) is 0 Å². The lowest BCUT2D eigenvalue weighted by Crippen LogP contribution is -2.56. The average molecular weight is 338 g/mol. The number of carbonyl (C=O) groups excluding carboxylic acids is 1. The third-order valence-electron chi connectivity index (χ3n) is 4.27. The minimum Gasteiger partial charge on any atom is -0.465 e. The molecule has 0 amide bonds. The van der Waals surface area contributed by atoms with Crippen LogP contribution in [0.3, 0.4) is 0 Å². The number of pyridine rings is 1. The van der Waals surface area contributed by atoms with Crippen molar-refractivity contribution >= 4 is 22.6 Å². The maximum absolute atomic E-state index is 12.6. The molecular weight excluding hydrogens is 321 g/mol. The monoisotopic (exact) mass is 338 g/mol. The number of aromatic nitrogens is 1. The molecule has 1 fully saturated rings. The second kappa shape index (κ2) is 5.65. The summed E-state index contributed by atoms with van der Waals surface area (Å²) in [6.45, 7) is 2.29. The first-order valence-corrected chi connectivity index (χ1v) is 7.50. The van der Waals surface area contributed by atoms with Crippen LogP contribution in [0.15, 0.2) is 30.5 Å². The van der Waals surface area contributed by atoms with E-state index < -0.39 is 24.0 Å². The number of benzene rings is 1. The summed E-state index contributed by atoms with van der Waals surface area (Å²) in [6.07, 6.45) is -3.43. The Kier molecular flexibility index (Phi) is 3.89. The highest BCUT2D eigenvalue weighted by Gasteiger charge is 2.46. The second-order valence-corrected chi connectivity index (χ2v) is 6.51. The highest BCUT2D eigenvalue weighted by Crippen LogP contribution is 2.42. The van der Waals surface area contributed by atoms with E-state index in [2.05, 4.69) is 4.98 Å². The molecule has 1 saturated heterocycles. The highest BCUT2D eigenvalue weighted by molar-refractivity contribution is 6.04. The van der Waals surface area contributed by atoms with Gasteiger partial charge in [0.05, 0.1) is 24.6 Å². The van der Waals surface area contributed by atoms with Crippen molar-refractivity contribution in [2.45, 2.75) is 19.5 Å². The number of anilines is 1. The van der Waals surface area contributed by atoms with E-state index >= 15 is 0 Å². The number of alkyl halides is 3. The van der Waals surface area contributed by atoms with E-state index in [0.29, 0.717) is 29.6 Å². The molecule has 2 heterocycles. The Hall–Kier alpha value is -2.31. The number of ether oxygens (including phenoxy) is 1. The predicted molar refractivity (Wildman–Crippen MR) is 84.1 cm³/mol. The first kappa shape index (κ1) is 16.5. The van der Waals surface area contributed by atoms with Crippen LogP contribution in [0.4, 0.5) is 18.9 Å². The molecule has 7 heteroatoms. The van der Waals surface area contributed by atoms with Gasteiger partial charge in [0.25, 0.3) is 0 Å². The van der Waals surface area contributed by atoms with Crippen LogP contribution >= 0.6 is 0 Å². The molecule has 1 aromatic heterocycles. The van der Waals surface area contributed by atoms with Gasteiger partial charge in [0, 0.05) is 35.8 Å². The maximum Gasteiger partial charge on any atom is 0.389 e. The summed E-state index contributed by atoms with van der Waals surface area (Å²) < 4.78 is 42.6. The van der Waals surface area contributed by atoms with Crippen molar-refractivity contribution in [1.29, 1.82) is 0 Å². The number of nitrogens with zero attached hydrogens (tertiary/aromatic N) is 2. The van der Waals surface area contributed by atoms with Gasteiger partial charge < -0.3 is 9.64 Å². The molecule has 0 unspecified atom stereocenters. The molecule has 24 heavy (non-hydrogen) atoms. The molecule has 0 bridgehead atoms. The first-order valence-electron chi connectivity index (χ1n) is 7.50. The van der Waals surface area contributed by atoms with Crippen LogP contribution in [-0.2, 0) is 4.74 Å². The Morgan fingerprint density at radius 2 is 2.04 bits per heavy atom. The number of fused-ring (bicyclic) bond motifs is 1. The number of hydrogen-bond donors (Lipinski definition) is 0. The van der Waals surface area contributed by atoms with Gasteiger partial charge in [-0.2, -0.15) is 13.2 Å². The SMILES string of the molecule is COC(=O)c1ccnc2ccc(N3CC(C)(CC(F)(F)F)C3)cc12. The zero-order chi connectivity index (χ0) is 17.5. The van der Waals surface area contributed by atoms with Gasteiger partial charge in [-0.1, -0.05) is 6.92 Å². The molecule has 1 aliphatic heterocycles. The summed E-state index contributed by atoms with van der Waals surface area (Å²) in [6, 6.07) is 6.92. The normalized spacial score (nSPS) is 16.8. The van der Waals surface area contributed by atoms with Crippen LogP contribution in [0.1, 0.15) is 23.7 Å². The smallest absolute Gasteiger partial charge is 0.389 e. The fourth-order valence-electron chi connectivity index (χ4n) is 3.27.